The van der Waals surface area contributed by atoms with E-state index in [1.165, 1.54) is 25.3 Å². The number of hydrogen-bond acceptors (Lipinski definition) is 4. The van der Waals surface area contributed by atoms with E-state index in [1.807, 2.05) is 0 Å². The van der Waals surface area contributed by atoms with E-state index in [1.54, 1.807) is 0 Å². The van der Waals surface area contributed by atoms with Gasteiger partial charge in [-0.15, -0.1) is 6.42 Å². The fourth-order valence-electron chi connectivity index (χ4n) is 1.48. The molecule has 0 saturated heterocycles. The first kappa shape index (κ1) is 17.2. The summed E-state index contributed by atoms with van der Waals surface area (Å²) in [7, 11) is 1.25. The topological polar surface area (TPSA) is 76.7 Å². The summed E-state index contributed by atoms with van der Waals surface area (Å²) in [6.45, 7) is -3.21. The van der Waals surface area contributed by atoms with E-state index >= 15 is 0 Å². The average Bonchev–Trinajstić information content (AvgIpc) is 2.50. The predicted molar refractivity (Wildman–Crippen MR) is 73.8 cm³/mol. The third kappa shape index (κ3) is 5.28. The zero-order chi connectivity index (χ0) is 16.5. The van der Waals surface area contributed by atoms with Gasteiger partial charge in [0.1, 0.15) is 0 Å². The van der Waals surface area contributed by atoms with E-state index in [0.29, 0.717) is 0 Å². The molecule has 0 aliphatic heterocycles. The number of benzene rings is 1. The summed E-state index contributed by atoms with van der Waals surface area (Å²) in [5, 5.41) is 4.73. The molecule has 1 aromatic rings. The van der Waals surface area contributed by atoms with Crippen LogP contribution in [0.3, 0.4) is 0 Å². The third-order valence-corrected chi connectivity index (χ3v) is 2.44. The molecule has 0 radical (unpaired) electrons. The molecule has 1 aromatic carbocycles. The molecule has 0 fully saturated rings. The standard InChI is InChI=1S/C14H14F2N2O4/c1-3-6-17-12(19)8-18-13(20)9-4-5-10(22-14(15)16)11(7-9)21-2/h1,4-5,7,14H,6,8H2,2H3,(H,17,19)(H,18,20). The van der Waals surface area contributed by atoms with Gasteiger partial charge in [-0.05, 0) is 18.2 Å². The minimum absolute atomic E-state index is 0.0234. The van der Waals surface area contributed by atoms with Gasteiger partial charge in [-0.3, -0.25) is 9.59 Å². The van der Waals surface area contributed by atoms with Crippen LogP contribution in [0.1, 0.15) is 10.4 Å². The first-order valence-electron chi connectivity index (χ1n) is 6.09. The van der Waals surface area contributed by atoms with Crippen molar-refractivity contribution in [2.75, 3.05) is 20.2 Å². The Bertz CT molecular complexity index is 585. The fourth-order valence-corrected chi connectivity index (χ4v) is 1.48. The number of terminal acetylenes is 1. The molecule has 2 amide bonds. The van der Waals surface area contributed by atoms with Crippen LogP contribution in [0.4, 0.5) is 8.78 Å². The summed E-state index contributed by atoms with van der Waals surface area (Å²) in [5.41, 5.74) is 0.128. The highest BCUT2D eigenvalue weighted by Gasteiger charge is 2.14. The van der Waals surface area contributed by atoms with Gasteiger partial charge in [0.05, 0.1) is 20.2 Å². The summed E-state index contributed by atoms with van der Waals surface area (Å²) in [6.07, 6.45) is 4.97. The van der Waals surface area contributed by atoms with E-state index in [-0.39, 0.29) is 30.2 Å². The van der Waals surface area contributed by atoms with Crippen molar-refractivity contribution in [3.05, 3.63) is 23.8 Å². The van der Waals surface area contributed by atoms with Crippen LogP contribution in [0.5, 0.6) is 11.5 Å². The van der Waals surface area contributed by atoms with Gasteiger partial charge in [0.2, 0.25) is 5.91 Å². The Morgan fingerprint density at radius 2 is 2.05 bits per heavy atom. The van der Waals surface area contributed by atoms with Crippen LogP contribution in [0.25, 0.3) is 0 Å². The van der Waals surface area contributed by atoms with E-state index in [2.05, 4.69) is 21.3 Å². The van der Waals surface area contributed by atoms with Crippen LogP contribution in [-0.4, -0.2) is 38.6 Å². The normalized spacial score (nSPS) is 9.77. The summed E-state index contributed by atoms with van der Waals surface area (Å²) >= 11 is 0. The molecule has 118 valence electrons. The Labute approximate surface area is 125 Å². The highest BCUT2D eigenvalue weighted by molar-refractivity contribution is 5.97. The van der Waals surface area contributed by atoms with Crippen LogP contribution in [0.2, 0.25) is 0 Å². The number of rotatable bonds is 7. The lowest BCUT2D eigenvalue weighted by atomic mass is 10.2. The first-order chi connectivity index (χ1) is 10.5. The van der Waals surface area contributed by atoms with Crippen molar-refractivity contribution in [3.63, 3.8) is 0 Å². The second-order valence-electron chi connectivity index (χ2n) is 3.91. The Kier molecular flexibility index (Phi) is 6.63. The Morgan fingerprint density at radius 3 is 2.64 bits per heavy atom. The maximum atomic E-state index is 12.2. The van der Waals surface area contributed by atoms with Crippen molar-refractivity contribution in [1.82, 2.24) is 10.6 Å². The highest BCUT2D eigenvalue weighted by atomic mass is 19.3. The summed E-state index contributed by atoms with van der Waals surface area (Å²) in [4.78, 5) is 23.1. The van der Waals surface area contributed by atoms with Crippen molar-refractivity contribution in [2.24, 2.45) is 0 Å². The molecule has 2 N–H and O–H groups in total. The minimum Gasteiger partial charge on any atom is -0.493 e. The quantitative estimate of drug-likeness (QED) is 0.729. The van der Waals surface area contributed by atoms with Gasteiger partial charge in [0.25, 0.3) is 5.91 Å². The van der Waals surface area contributed by atoms with Crippen molar-refractivity contribution < 1.29 is 27.8 Å². The maximum absolute atomic E-state index is 12.2. The summed E-state index contributed by atoms with van der Waals surface area (Å²) in [5.74, 6) is 0.982. The Balaban J connectivity index is 2.70. The van der Waals surface area contributed by atoms with Gasteiger partial charge < -0.3 is 20.1 Å². The molecule has 0 aliphatic rings. The van der Waals surface area contributed by atoms with Crippen LogP contribution >= 0.6 is 0 Å². The van der Waals surface area contributed by atoms with Gasteiger partial charge in [-0.1, -0.05) is 5.92 Å². The zero-order valence-electron chi connectivity index (χ0n) is 11.7. The van der Waals surface area contributed by atoms with Crippen LogP contribution in [0.15, 0.2) is 18.2 Å². The fraction of sp³-hybridized carbons (Fsp3) is 0.286. The molecular weight excluding hydrogens is 298 g/mol. The second kappa shape index (κ2) is 8.46. The molecule has 0 aliphatic carbocycles. The number of amides is 2. The van der Waals surface area contributed by atoms with Gasteiger partial charge in [0, 0.05) is 5.56 Å². The number of hydrogen-bond donors (Lipinski definition) is 2. The first-order valence-corrected chi connectivity index (χ1v) is 6.09. The van der Waals surface area contributed by atoms with Crippen molar-refractivity contribution in [3.8, 4) is 23.8 Å². The number of nitrogens with one attached hydrogen (secondary N) is 2. The molecule has 0 atom stereocenters. The molecule has 22 heavy (non-hydrogen) atoms. The van der Waals surface area contributed by atoms with Crippen molar-refractivity contribution in [2.45, 2.75) is 6.61 Å². The molecule has 0 aromatic heterocycles. The van der Waals surface area contributed by atoms with Crippen LogP contribution in [0, 0.1) is 12.3 Å². The molecule has 0 heterocycles. The third-order valence-electron chi connectivity index (χ3n) is 2.44. The zero-order valence-corrected chi connectivity index (χ0v) is 11.7. The van der Waals surface area contributed by atoms with Gasteiger partial charge in [-0.25, -0.2) is 0 Å². The lowest BCUT2D eigenvalue weighted by Crippen LogP contribution is -2.37. The molecule has 0 spiro atoms. The molecule has 8 heteroatoms. The number of ether oxygens (including phenoxy) is 2. The Hall–Kier alpha value is -2.82. The lowest BCUT2D eigenvalue weighted by Gasteiger charge is -2.11. The molecule has 0 unspecified atom stereocenters. The molecule has 1 rings (SSSR count). The smallest absolute Gasteiger partial charge is 0.387 e. The lowest BCUT2D eigenvalue weighted by molar-refractivity contribution is -0.119. The van der Waals surface area contributed by atoms with Crippen LogP contribution < -0.4 is 20.1 Å². The second-order valence-corrected chi connectivity index (χ2v) is 3.91. The average molecular weight is 312 g/mol. The summed E-state index contributed by atoms with van der Waals surface area (Å²) < 4.78 is 33.5. The predicted octanol–water partition coefficient (Wildman–Crippen LogP) is 0.776. The van der Waals surface area contributed by atoms with Gasteiger partial charge >= 0.3 is 6.61 Å². The van der Waals surface area contributed by atoms with E-state index < -0.39 is 18.4 Å². The maximum Gasteiger partial charge on any atom is 0.387 e. The molecule has 6 nitrogen and oxygen atoms in total. The van der Waals surface area contributed by atoms with E-state index in [0.717, 1.165) is 0 Å². The number of carbonyl (C=O) groups excluding carboxylic acids is 2. The Morgan fingerprint density at radius 1 is 1.32 bits per heavy atom. The van der Waals surface area contributed by atoms with Gasteiger partial charge in [-0.2, -0.15) is 8.78 Å². The number of carbonyl (C=O) groups is 2. The SMILES string of the molecule is C#CCNC(=O)CNC(=O)c1ccc(OC(F)F)c(OC)c1. The molecular formula is C14H14F2N2O4. The molecule has 0 bridgehead atoms. The van der Waals surface area contributed by atoms with Crippen LogP contribution in [-0.2, 0) is 4.79 Å². The summed E-state index contributed by atoms with van der Waals surface area (Å²) in [6, 6.07) is 3.68. The highest BCUT2D eigenvalue weighted by Crippen LogP contribution is 2.29. The number of methoxy groups -OCH3 is 1. The number of halogens is 2. The van der Waals surface area contributed by atoms with Gasteiger partial charge in [0.15, 0.2) is 11.5 Å². The largest absolute Gasteiger partial charge is 0.493 e. The van der Waals surface area contributed by atoms with E-state index in [4.69, 9.17) is 11.2 Å². The molecule has 0 saturated carbocycles. The van der Waals surface area contributed by atoms with Crippen molar-refractivity contribution in [1.29, 1.82) is 0 Å². The minimum atomic E-state index is -3.01. The monoisotopic (exact) mass is 312 g/mol. The van der Waals surface area contributed by atoms with Crippen molar-refractivity contribution >= 4 is 11.8 Å². The van der Waals surface area contributed by atoms with E-state index in [9.17, 15) is 18.4 Å². The number of alkyl halides is 2.